The highest BCUT2D eigenvalue weighted by Gasteiger charge is 2.32. The Bertz CT molecular complexity index is 1160. The van der Waals surface area contributed by atoms with Gasteiger partial charge in [0.2, 0.25) is 0 Å². The summed E-state index contributed by atoms with van der Waals surface area (Å²) in [7, 11) is 0. The van der Waals surface area contributed by atoms with Crippen molar-refractivity contribution >= 4 is 5.91 Å². The quantitative estimate of drug-likeness (QED) is 0.438. The molecule has 1 aromatic heterocycles. The van der Waals surface area contributed by atoms with Gasteiger partial charge < -0.3 is 9.47 Å². The molecule has 1 unspecified atom stereocenters. The summed E-state index contributed by atoms with van der Waals surface area (Å²) in [5.74, 6) is 0.0765. The third-order valence-electron chi connectivity index (χ3n) is 5.93. The van der Waals surface area contributed by atoms with Crippen LogP contribution in [0.5, 0.6) is 0 Å². The second kappa shape index (κ2) is 7.68. The van der Waals surface area contributed by atoms with E-state index in [1.165, 1.54) is 11.3 Å². The molecule has 0 saturated heterocycles. The van der Waals surface area contributed by atoms with Crippen molar-refractivity contribution in [2.75, 3.05) is 6.54 Å². The van der Waals surface area contributed by atoms with Gasteiger partial charge in [-0.1, -0.05) is 72.3 Å². The SMILES string of the molecule is Cc1ccc(C2c3cccn3CCN2C(=O)c2ccc(-c3ccccc3)cc2)cc1. The van der Waals surface area contributed by atoms with Gasteiger partial charge in [0.05, 0.1) is 6.04 Å². The van der Waals surface area contributed by atoms with Gasteiger partial charge >= 0.3 is 0 Å². The van der Waals surface area contributed by atoms with Gasteiger partial charge in [-0.25, -0.2) is 0 Å². The van der Waals surface area contributed by atoms with Gasteiger partial charge in [0.1, 0.15) is 0 Å². The Labute approximate surface area is 177 Å². The number of amides is 1. The van der Waals surface area contributed by atoms with Crippen LogP contribution in [-0.2, 0) is 6.54 Å². The van der Waals surface area contributed by atoms with E-state index >= 15 is 0 Å². The Morgan fingerprint density at radius 3 is 2.20 bits per heavy atom. The lowest BCUT2D eigenvalue weighted by Gasteiger charge is -2.37. The van der Waals surface area contributed by atoms with Gasteiger partial charge in [-0.2, -0.15) is 0 Å². The van der Waals surface area contributed by atoms with Crippen LogP contribution in [0.1, 0.15) is 33.2 Å². The number of benzene rings is 3. The first-order chi connectivity index (χ1) is 14.7. The summed E-state index contributed by atoms with van der Waals surface area (Å²) in [5, 5.41) is 0. The van der Waals surface area contributed by atoms with E-state index in [0.29, 0.717) is 6.54 Å². The van der Waals surface area contributed by atoms with Crippen LogP contribution >= 0.6 is 0 Å². The molecule has 3 aromatic carbocycles. The molecule has 1 aliphatic heterocycles. The molecule has 0 saturated carbocycles. The summed E-state index contributed by atoms with van der Waals surface area (Å²) in [6, 6.07) is 30.9. The van der Waals surface area contributed by atoms with Crippen molar-refractivity contribution in [2.24, 2.45) is 0 Å². The molecule has 0 spiro atoms. The minimum Gasteiger partial charge on any atom is -0.348 e. The average Bonchev–Trinajstić information content (AvgIpc) is 3.28. The minimum atomic E-state index is -0.0735. The van der Waals surface area contributed by atoms with Crippen molar-refractivity contribution in [2.45, 2.75) is 19.5 Å². The van der Waals surface area contributed by atoms with Gasteiger partial charge in [0.15, 0.2) is 0 Å². The Balaban J connectivity index is 1.48. The maximum Gasteiger partial charge on any atom is 0.254 e. The van der Waals surface area contributed by atoms with Crippen molar-refractivity contribution < 1.29 is 4.79 Å². The number of aryl methyl sites for hydroxylation is 1. The van der Waals surface area contributed by atoms with E-state index in [4.69, 9.17) is 0 Å². The van der Waals surface area contributed by atoms with Crippen molar-refractivity contribution in [3.63, 3.8) is 0 Å². The zero-order valence-electron chi connectivity index (χ0n) is 17.0. The Morgan fingerprint density at radius 1 is 0.767 bits per heavy atom. The van der Waals surface area contributed by atoms with E-state index in [1.54, 1.807) is 0 Å². The van der Waals surface area contributed by atoms with Crippen LogP contribution in [-0.4, -0.2) is 21.9 Å². The molecule has 0 fully saturated rings. The highest BCUT2D eigenvalue weighted by molar-refractivity contribution is 5.95. The van der Waals surface area contributed by atoms with Gasteiger partial charge in [-0.3, -0.25) is 4.79 Å². The third-order valence-corrected chi connectivity index (χ3v) is 5.93. The van der Waals surface area contributed by atoms with E-state index in [0.717, 1.165) is 28.8 Å². The Hall–Kier alpha value is -3.59. The van der Waals surface area contributed by atoms with Crippen LogP contribution in [0.3, 0.4) is 0 Å². The summed E-state index contributed by atoms with van der Waals surface area (Å²) >= 11 is 0. The van der Waals surface area contributed by atoms with Crippen LogP contribution in [0.25, 0.3) is 11.1 Å². The molecule has 1 amide bonds. The summed E-state index contributed by atoms with van der Waals surface area (Å²) in [4.78, 5) is 15.6. The smallest absolute Gasteiger partial charge is 0.254 e. The lowest BCUT2D eigenvalue weighted by atomic mass is 9.97. The molecule has 0 radical (unpaired) electrons. The molecule has 1 aliphatic rings. The first kappa shape index (κ1) is 18.4. The summed E-state index contributed by atoms with van der Waals surface area (Å²) in [6.07, 6.45) is 2.10. The highest BCUT2D eigenvalue weighted by Crippen LogP contribution is 2.34. The predicted octanol–water partition coefficient (Wildman–Crippen LogP) is 5.71. The van der Waals surface area contributed by atoms with Gasteiger partial charge in [0, 0.05) is 30.5 Å². The van der Waals surface area contributed by atoms with Crippen LogP contribution < -0.4 is 0 Å². The zero-order valence-corrected chi connectivity index (χ0v) is 17.0. The third kappa shape index (κ3) is 3.33. The van der Waals surface area contributed by atoms with Crippen LogP contribution in [0, 0.1) is 6.92 Å². The molecule has 0 N–H and O–H groups in total. The maximum absolute atomic E-state index is 13.5. The molecule has 148 valence electrons. The molecule has 3 nitrogen and oxygen atoms in total. The summed E-state index contributed by atoms with van der Waals surface area (Å²) in [5.41, 5.74) is 6.54. The fourth-order valence-corrected chi connectivity index (χ4v) is 4.30. The van der Waals surface area contributed by atoms with Crippen LogP contribution in [0.15, 0.2) is 97.2 Å². The molecule has 1 atom stereocenters. The number of carbonyl (C=O) groups excluding carboxylic acids is 1. The molecular weight excluding hydrogens is 368 g/mol. The molecule has 5 rings (SSSR count). The maximum atomic E-state index is 13.5. The fourth-order valence-electron chi connectivity index (χ4n) is 4.30. The molecule has 30 heavy (non-hydrogen) atoms. The first-order valence-corrected chi connectivity index (χ1v) is 10.4. The number of carbonyl (C=O) groups is 1. The molecule has 4 aromatic rings. The normalized spacial score (nSPS) is 15.6. The van der Waals surface area contributed by atoms with E-state index in [9.17, 15) is 4.79 Å². The van der Waals surface area contributed by atoms with E-state index in [2.05, 4.69) is 66.2 Å². The topological polar surface area (TPSA) is 25.2 Å². The second-order valence-electron chi connectivity index (χ2n) is 7.88. The number of rotatable bonds is 3. The lowest BCUT2D eigenvalue weighted by Crippen LogP contribution is -2.42. The monoisotopic (exact) mass is 392 g/mol. The van der Waals surface area contributed by atoms with Crippen LogP contribution in [0.4, 0.5) is 0 Å². The highest BCUT2D eigenvalue weighted by atomic mass is 16.2. The number of hydrogen-bond donors (Lipinski definition) is 0. The fraction of sp³-hybridized carbons (Fsp3) is 0.148. The molecule has 0 bridgehead atoms. The molecular formula is C27H24N2O. The second-order valence-corrected chi connectivity index (χ2v) is 7.88. The summed E-state index contributed by atoms with van der Waals surface area (Å²) in [6.45, 7) is 3.60. The van der Waals surface area contributed by atoms with E-state index in [-0.39, 0.29) is 11.9 Å². The molecule has 3 heteroatoms. The van der Waals surface area contributed by atoms with E-state index in [1.807, 2.05) is 47.4 Å². The van der Waals surface area contributed by atoms with Crippen molar-refractivity contribution in [1.29, 1.82) is 0 Å². The Kier molecular flexibility index (Phi) is 4.72. The summed E-state index contributed by atoms with van der Waals surface area (Å²) < 4.78 is 2.26. The average molecular weight is 393 g/mol. The first-order valence-electron chi connectivity index (χ1n) is 10.4. The number of aromatic nitrogens is 1. The van der Waals surface area contributed by atoms with E-state index < -0.39 is 0 Å². The number of hydrogen-bond acceptors (Lipinski definition) is 1. The van der Waals surface area contributed by atoms with Crippen LogP contribution in [0.2, 0.25) is 0 Å². The largest absolute Gasteiger partial charge is 0.348 e. The number of nitrogens with zero attached hydrogens (tertiary/aromatic N) is 2. The molecule has 0 aliphatic carbocycles. The number of fused-ring (bicyclic) bond motifs is 1. The van der Waals surface area contributed by atoms with Crippen molar-refractivity contribution in [3.8, 4) is 11.1 Å². The zero-order chi connectivity index (χ0) is 20.5. The van der Waals surface area contributed by atoms with Gasteiger partial charge in [0.25, 0.3) is 5.91 Å². The van der Waals surface area contributed by atoms with Gasteiger partial charge in [-0.15, -0.1) is 0 Å². The van der Waals surface area contributed by atoms with Crippen molar-refractivity contribution in [1.82, 2.24) is 9.47 Å². The Morgan fingerprint density at radius 2 is 1.47 bits per heavy atom. The predicted molar refractivity (Wildman–Crippen MR) is 120 cm³/mol. The minimum absolute atomic E-state index is 0.0735. The lowest BCUT2D eigenvalue weighted by molar-refractivity contribution is 0.0664. The van der Waals surface area contributed by atoms with Gasteiger partial charge in [-0.05, 0) is 47.9 Å². The van der Waals surface area contributed by atoms with Crippen molar-refractivity contribution in [3.05, 3.63) is 120 Å². The standard InChI is InChI=1S/C27H24N2O/c1-20-9-11-23(12-10-20)26-25-8-5-17-28(25)18-19-29(26)27(30)24-15-13-22(14-16-24)21-6-3-2-4-7-21/h2-17,26H,18-19H2,1H3. The molecule has 2 heterocycles.